The molecule has 1 aliphatic rings. The quantitative estimate of drug-likeness (QED) is 0.147. The van der Waals surface area contributed by atoms with Gasteiger partial charge in [0.05, 0.1) is 5.92 Å². The molecule has 42 heavy (non-hydrogen) atoms. The molecule has 0 amide bonds. The lowest BCUT2D eigenvalue weighted by Gasteiger charge is -2.31. The highest BCUT2D eigenvalue weighted by atomic mass is 32.1. The number of thiophene rings is 1. The van der Waals surface area contributed by atoms with Crippen molar-refractivity contribution in [3.8, 4) is 0 Å². The Bertz CT molecular complexity index is 1650. The lowest BCUT2D eigenvalue weighted by Crippen LogP contribution is -2.29. The number of aldehydes is 1. The number of allylic oxidation sites excluding steroid dienone is 4. The van der Waals surface area contributed by atoms with Gasteiger partial charge in [0.2, 0.25) is 0 Å². The number of Topliss-reactive ketones (excluding diaryl/α,β-unsaturated/α-hetero) is 1. The van der Waals surface area contributed by atoms with Crippen molar-refractivity contribution in [1.82, 2.24) is 5.32 Å². The molecule has 0 aliphatic heterocycles. The van der Waals surface area contributed by atoms with Gasteiger partial charge in [-0.05, 0) is 60.0 Å². The predicted octanol–water partition coefficient (Wildman–Crippen LogP) is 8.84. The van der Waals surface area contributed by atoms with Crippen molar-refractivity contribution < 1.29 is 9.59 Å². The van der Waals surface area contributed by atoms with Crippen molar-refractivity contribution in [2.75, 3.05) is 12.4 Å². The van der Waals surface area contributed by atoms with E-state index in [0.29, 0.717) is 12.0 Å². The summed E-state index contributed by atoms with van der Waals surface area (Å²) in [5, 5.41) is 6.73. The first-order valence-electron chi connectivity index (χ1n) is 14.4. The van der Waals surface area contributed by atoms with E-state index in [4.69, 9.17) is 0 Å². The first-order valence-corrected chi connectivity index (χ1v) is 15.2. The molecule has 4 aromatic rings. The Kier molecular flexibility index (Phi) is 8.33. The van der Waals surface area contributed by atoms with Crippen LogP contribution < -0.4 is 10.6 Å². The second kappa shape index (κ2) is 11.9. The van der Waals surface area contributed by atoms with Gasteiger partial charge in [-0.25, -0.2) is 0 Å². The minimum absolute atomic E-state index is 0.145. The summed E-state index contributed by atoms with van der Waals surface area (Å²) in [5.41, 5.74) is 5.92. The van der Waals surface area contributed by atoms with Crippen LogP contribution in [-0.4, -0.2) is 19.1 Å². The third kappa shape index (κ3) is 5.75. The highest BCUT2D eigenvalue weighted by Crippen LogP contribution is 2.44. The van der Waals surface area contributed by atoms with Crippen LogP contribution in [0.4, 0.5) is 11.4 Å². The Hall–Kier alpha value is -4.22. The summed E-state index contributed by atoms with van der Waals surface area (Å²) in [6.45, 7) is 8.98. The molecule has 1 unspecified atom stereocenters. The van der Waals surface area contributed by atoms with E-state index in [9.17, 15) is 9.59 Å². The molecular weight excluding hydrogens is 536 g/mol. The predicted molar refractivity (Wildman–Crippen MR) is 175 cm³/mol. The highest BCUT2D eigenvalue weighted by molar-refractivity contribution is 7.12. The monoisotopic (exact) mass is 574 g/mol. The second-order valence-corrected chi connectivity index (χ2v) is 12.9. The standard InChI is InChI=1S/C37H38N2O2S/c1-36(2,27-17-16-26(24-40)31(22-27)39-29-14-10-7-11-15-29)33-20-21-34(42-33)37(3,4)28-18-19-30(32(23-28)38-5)35(41)25-12-8-6-9-13-25/h6-18,20-24,30,38-39H,19H2,1-5H3. The largest absolute Gasteiger partial charge is 0.391 e. The third-order valence-corrected chi connectivity index (χ3v) is 10.2. The minimum Gasteiger partial charge on any atom is -0.391 e. The fourth-order valence-corrected chi connectivity index (χ4v) is 6.82. The van der Waals surface area contributed by atoms with Crippen molar-refractivity contribution in [3.63, 3.8) is 0 Å². The summed E-state index contributed by atoms with van der Waals surface area (Å²) in [5.74, 6) is -0.0611. The molecule has 5 heteroatoms. The SMILES string of the molecule is CNC1=CC(C(C)(C)c2ccc(C(C)(C)c3ccc(C=O)c(Nc4ccccc4)c3)s2)=CCC1C(=O)c1ccccc1. The number of benzene rings is 3. The summed E-state index contributed by atoms with van der Waals surface area (Å²) in [4.78, 5) is 27.6. The number of carbonyl (C=O) groups is 2. The van der Waals surface area contributed by atoms with Gasteiger partial charge >= 0.3 is 0 Å². The van der Waals surface area contributed by atoms with Gasteiger partial charge < -0.3 is 10.6 Å². The summed E-state index contributed by atoms with van der Waals surface area (Å²) >= 11 is 1.82. The number of para-hydroxylation sites is 1. The molecule has 0 fully saturated rings. The number of rotatable bonds is 10. The van der Waals surface area contributed by atoms with Crippen LogP contribution in [0.3, 0.4) is 0 Å². The van der Waals surface area contributed by atoms with Gasteiger partial charge in [-0.1, -0.05) is 88.4 Å². The molecule has 4 nitrogen and oxygen atoms in total. The smallest absolute Gasteiger partial charge is 0.172 e. The minimum atomic E-state index is -0.270. The molecule has 5 rings (SSSR count). The zero-order valence-corrected chi connectivity index (χ0v) is 25.7. The van der Waals surface area contributed by atoms with Gasteiger partial charge in [-0.2, -0.15) is 0 Å². The Labute approximate surface area is 253 Å². The number of ketones is 1. The molecule has 1 aliphatic carbocycles. The van der Waals surface area contributed by atoms with Crippen molar-refractivity contribution in [2.45, 2.75) is 44.9 Å². The molecule has 0 bridgehead atoms. The lowest BCUT2D eigenvalue weighted by molar-refractivity contribution is 0.0936. The van der Waals surface area contributed by atoms with Gasteiger partial charge in [0.25, 0.3) is 0 Å². The van der Waals surface area contributed by atoms with Crippen LogP contribution in [0.5, 0.6) is 0 Å². The fraction of sp³-hybridized carbons (Fsp3) is 0.243. The van der Waals surface area contributed by atoms with Crippen molar-refractivity contribution >= 4 is 34.8 Å². The Morgan fingerprint density at radius 2 is 1.50 bits per heavy atom. The van der Waals surface area contributed by atoms with Crippen molar-refractivity contribution in [2.24, 2.45) is 5.92 Å². The van der Waals surface area contributed by atoms with E-state index in [2.05, 4.69) is 74.7 Å². The van der Waals surface area contributed by atoms with Crippen molar-refractivity contribution in [3.05, 3.63) is 141 Å². The summed E-state index contributed by atoms with van der Waals surface area (Å²) < 4.78 is 0. The Morgan fingerprint density at radius 3 is 2.14 bits per heavy atom. The maximum Gasteiger partial charge on any atom is 0.172 e. The normalized spacial score (nSPS) is 15.4. The topological polar surface area (TPSA) is 58.2 Å². The molecule has 3 aromatic carbocycles. The molecule has 2 N–H and O–H groups in total. The van der Waals surface area contributed by atoms with Crippen LogP contribution in [-0.2, 0) is 10.8 Å². The summed E-state index contributed by atoms with van der Waals surface area (Å²) in [6, 6.07) is 30.0. The molecule has 0 saturated carbocycles. The van der Waals surface area contributed by atoms with E-state index in [1.165, 1.54) is 15.3 Å². The number of nitrogens with one attached hydrogen (secondary N) is 2. The number of carbonyl (C=O) groups excluding carboxylic acids is 2. The van der Waals surface area contributed by atoms with E-state index in [1.807, 2.05) is 85.1 Å². The van der Waals surface area contributed by atoms with Crippen LogP contribution in [0, 0.1) is 5.92 Å². The van der Waals surface area contributed by atoms with Crippen LogP contribution >= 0.6 is 11.3 Å². The molecule has 0 spiro atoms. The molecular formula is C37H38N2O2S. The van der Waals surface area contributed by atoms with Gasteiger partial charge in [-0.15, -0.1) is 11.3 Å². The van der Waals surface area contributed by atoms with E-state index >= 15 is 0 Å². The number of hydrogen-bond donors (Lipinski definition) is 2. The van der Waals surface area contributed by atoms with Gasteiger partial charge in [0, 0.05) is 55.8 Å². The first kappa shape index (κ1) is 29.3. The molecule has 0 saturated heterocycles. The summed E-state index contributed by atoms with van der Waals surface area (Å²) in [7, 11) is 1.90. The van der Waals surface area contributed by atoms with Crippen molar-refractivity contribution in [1.29, 1.82) is 0 Å². The van der Waals surface area contributed by atoms with Gasteiger partial charge in [0.15, 0.2) is 12.1 Å². The van der Waals surface area contributed by atoms with Gasteiger partial charge in [-0.3, -0.25) is 9.59 Å². The maximum atomic E-state index is 13.3. The van der Waals surface area contributed by atoms with E-state index in [0.717, 1.165) is 34.5 Å². The van der Waals surface area contributed by atoms with Crippen LogP contribution in [0.25, 0.3) is 0 Å². The number of anilines is 2. The molecule has 214 valence electrons. The summed E-state index contributed by atoms with van der Waals surface area (Å²) in [6.07, 6.45) is 5.97. The first-order chi connectivity index (χ1) is 20.1. The van der Waals surface area contributed by atoms with E-state index in [-0.39, 0.29) is 22.5 Å². The molecule has 0 radical (unpaired) electrons. The molecule has 1 atom stereocenters. The van der Waals surface area contributed by atoms with Crippen LogP contribution in [0.2, 0.25) is 0 Å². The van der Waals surface area contributed by atoms with Crippen LogP contribution in [0.1, 0.15) is 70.1 Å². The average molecular weight is 575 g/mol. The lowest BCUT2D eigenvalue weighted by atomic mass is 9.76. The zero-order chi connectivity index (χ0) is 29.9. The van der Waals surface area contributed by atoms with Crippen LogP contribution in [0.15, 0.2) is 114 Å². The third-order valence-electron chi connectivity index (χ3n) is 8.44. The Morgan fingerprint density at radius 1 is 0.857 bits per heavy atom. The number of hydrogen-bond acceptors (Lipinski definition) is 5. The maximum absolute atomic E-state index is 13.3. The zero-order valence-electron chi connectivity index (χ0n) is 24.9. The second-order valence-electron chi connectivity index (χ2n) is 11.9. The van der Waals surface area contributed by atoms with E-state index in [1.54, 1.807) is 0 Å². The fourth-order valence-electron chi connectivity index (χ4n) is 5.56. The highest BCUT2D eigenvalue weighted by Gasteiger charge is 2.34. The van der Waals surface area contributed by atoms with E-state index < -0.39 is 0 Å². The molecule has 1 aromatic heterocycles. The Balaban J connectivity index is 1.40. The average Bonchev–Trinajstić information content (AvgIpc) is 3.54. The van der Waals surface area contributed by atoms with Gasteiger partial charge in [0.1, 0.15) is 0 Å². The molecule has 1 heterocycles.